The van der Waals surface area contributed by atoms with E-state index >= 15 is 4.39 Å². The Balaban J connectivity index is 1.71. The second kappa shape index (κ2) is 13.2. The van der Waals surface area contributed by atoms with Crippen molar-refractivity contribution in [1.29, 1.82) is 0 Å². The van der Waals surface area contributed by atoms with E-state index in [2.05, 4.69) is 10.6 Å². The van der Waals surface area contributed by atoms with Crippen LogP contribution in [0.1, 0.15) is 45.1 Å². The predicted octanol–water partition coefficient (Wildman–Crippen LogP) is 2.81. The normalized spacial score (nSPS) is 20.8. The molecule has 1 aromatic rings. The highest BCUT2D eigenvalue weighted by molar-refractivity contribution is 5.97. The summed E-state index contributed by atoms with van der Waals surface area (Å²) in [4.78, 5) is 28.1. The van der Waals surface area contributed by atoms with Gasteiger partial charge in [0, 0.05) is 58.0 Å². The highest BCUT2D eigenvalue weighted by Gasteiger charge is 2.41. The monoisotopic (exact) mass is 493 g/mol. The minimum atomic E-state index is -0.435. The maximum absolute atomic E-state index is 15.1. The molecule has 2 fully saturated rings. The number of piperidine rings is 1. The first-order valence-corrected chi connectivity index (χ1v) is 12.7. The summed E-state index contributed by atoms with van der Waals surface area (Å²) in [5.41, 5.74) is 0.936. The molecule has 2 N–H and O–H groups in total. The third-order valence-corrected chi connectivity index (χ3v) is 6.43. The molecule has 0 unspecified atom stereocenters. The van der Waals surface area contributed by atoms with Gasteiger partial charge in [-0.1, -0.05) is 0 Å². The molecule has 0 radical (unpaired) electrons. The fourth-order valence-corrected chi connectivity index (χ4v) is 4.42. The number of rotatable bonds is 13. The zero-order valence-corrected chi connectivity index (χ0v) is 21.4. The molecular weight excluding hydrogens is 453 g/mol. The molecular formula is C26H40FN3O5. The summed E-state index contributed by atoms with van der Waals surface area (Å²) in [7, 11) is 1.64. The Bertz CT molecular complexity index is 864. The lowest BCUT2D eigenvalue weighted by molar-refractivity contribution is -0.129. The first-order chi connectivity index (χ1) is 16.8. The van der Waals surface area contributed by atoms with Crippen LogP contribution in [-0.4, -0.2) is 70.5 Å². The van der Waals surface area contributed by atoms with E-state index in [-0.39, 0.29) is 35.5 Å². The number of carbonyl (C=O) groups excluding carboxylic acids is 2. The van der Waals surface area contributed by atoms with E-state index in [1.807, 2.05) is 13.8 Å². The van der Waals surface area contributed by atoms with E-state index in [0.717, 1.165) is 12.8 Å². The number of hydrogen-bond donors (Lipinski definition) is 2. The molecule has 0 aromatic heterocycles. The molecule has 0 bridgehead atoms. The van der Waals surface area contributed by atoms with Crippen LogP contribution < -0.4 is 20.3 Å². The number of nitrogens with one attached hydrogen (secondary N) is 2. The Morgan fingerprint density at radius 3 is 2.66 bits per heavy atom. The number of ether oxygens (including phenoxy) is 3. The van der Waals surface area contributed by atoms with Crippen LogP contribution in [0.25, 0.3) is 0 Å². The molecule has 1 saturated heterocycles. The molecule has 0 spiro atoms. The van der Waals surface area contributed by atoms with Crippen LogP contribution in [0, 0.1) is 24.6 Å². The first kappa shape index (κ1) is 27.4. The van der Waals surface area contributed by atoms with E-state index in [0.29, 0.717) is 63.7 Å². The van der Waals surface area contributed by atoms with Gasteiger partial charge in [0.2, 0.25) is 11.8 Å². The summed E-state index contributed by atoms with van der Waals surface area (Å²) in [6, 6.07) is 2.94. The molecule has 8 nitrogen and oxygen atoms in total. The lowest BCUT2D eigenvalue weighted by Crippen LogP contribution is -2.51. The van der Waals surface area contributed by atoms with Crippen LogP contribution in [-0.2, 0) is 19.1 Å². The molecule has 3 rings (SSSR count). The number of nitrogens with zero attached hydrogens (tertiary/aromatic N) is 1. The van der Waals surface area contributed by atoms with Crippen LogP contribution in [0.15, 0.2) is 12.1 Å². The molecule has 1 heterocycles. The topological polar surface area (TPSA) is 89.1 Å². The van der Waals surface area contributed by atoms with Crippen molar-refractivity contribution in [3.8, 4) is 5.75 Å². The van der Waals surface area contributed by atoms with Crippen LogP contribution in [0.3, 0.4) is 0 Å². The zero-order valence-electron chi connectivity index (χ0n) is 21.4. The maximum Gasteiger partial charge on any atom is 0.231 e. The molecule has 2 amide bonds. The van der Waals surface area contributed by atoms with Crippen molar-refractivity contribution in [3.63, 3.8) is 0 Å². The van der Waals surface area contributed by atoms with Crippen molar-refractivity contribution in [1.82, 2.24) is 10.6 Å². The van der Waals surface area contributed by atoms with Gasteiger partial charge in [0.25, 0.3) is 0 Å². The van der Waals surface area contributed by atoms with Gasteiger partial charge in [-0.25, -0.2) is 4.39 Å². The largest absolute Gasteiger partial charge is 0.493 e. The highest BCUT2D eigenvalue weighted by atomic mass is 19.1. The van der Waals surface area contributed by atoms with Gasteiger partial charge < -0.3 is 29.7 Å². The molecule has 1 aliphatic heterocycles. The van der Waals surface area contributed by atoms with E-state index in [1.54, 1.807) is 25.0 Å². The number of anilines is 1. The predicted molar refractivity (Wildman–Crippen MR) is 132 cm³/mol. The van der Waals surface area contributed by atoms with Crippen molar-refractivity contribution >= 4 is 17.5 Å². The lowest BCUT2D eigenvalue weighted by Gasteiger charge is -2.33. The van der Waals surface area contributed by atoms with E-state index < -0.39 is 11.7 Å². The molecule has 196 valence electrons. The quantitative estimate of drug-likeness (QED) is 0.411. The Hall–Kier alpha value is -2.23. The van der Waals surface area contributed by atoms with Crippen molar-refractivity contribution in [3.05, 3.63) is 23.5 Å². The van der Waals surface area contributed by atoms with Gasteiger partial charge in [-0.15, -0.1) is 0 Å². The summed E-state index contributed by atoms with van der Waals surface area (Å²) in [6.07, 6.45) is 2.81. The molecule has 2 aliphatic rings. The number of aryl methyl sites for hydroxylation is 1. The molecule has 1 aliphatic carbocycles. The smallest absolute Gasteiger partial charge is 0.231 e. The third kappa shape index (κ3) is 7.62. The molecule has 1 saturated carbocycles. The molecule has 1 aromatic carbocycles. The van der Waals surface area contributed by atoms with Crippen LogP contribution in [0.5, 0.6) is 5.75 Å². The minimum Gasteiger partial charge on any atom is -0.493 e. The van der Waals surface area contributed by atoms with Crippen LogP contribution in [0.4, 0.5) is 10.1 Å². The molecule has 35 heavy (non-hydrogen) atoms. The minimum absolute atomic E-state index is 0.0264. The lowest BCUT2D eigenvalue weighted by atomic mass is 9.88. The fourth-order valence-electron chi connectivity index (χ4n) is 4.42. The molecule has 3 atom stereocenters. The fraction of sp³-hybridized carbons (Fsp3) is 0.692. The summed E-state index contributed by atoms with van der Waals surface area (Å²) in [5, 5.41) is 6.21. The SMILES string of the molecule is CCOC[C@@H](C)NC(=O)[C@@H]1CNC[C@H](C(=O)N(c2cc(OCCCOC)c(C)cc2F)C2CC2)C1. The van der Waals surface area contributed by atoms with Gasteiger partial charge in [-0.3, -0.25) is 9.59 Å². The van der Waals surface area contributed by atoms with Crippen LogP contribution >= 0.6 is 0 Å². The summed E-state index contributed by atoms with van der Waals surface area (Å²) in [6.45, 7) is 8.65. The number of methoxy groups -OCH3 is 1. The summed E-state index contributed by atoms with van der Waals surface area (Å²) >= 11 is 0. The average Bonchev–Trinajstić information content (AvgIpc) is 3.68. The number of carbonyl (C=O) groups is 2. The summed E-state index contributed by atoms with van der Waals surface area (Å²) in [5.74, 6) is -0.839. The van der Waals surface area contributed by atoms with Gasteiger partial charge in [0.1, 0.15) is 11.6 Å². The van der Waals surface area contributed by atoms with Crippen molar-refractivity contribution in [2.45, 2.75) is 58.5 Å². The van der Waals surface area contributed by atoms with E-state index in [4.69, 9.17) is 14.2 Å². The highest BCUT2D eigenvalue weighted by Crippen LogP contribution is 2.38. The number of halogens is 1. The number of amides is 2. The standard InChI is InChI=1S/C26H40FN3O5/c1-5-34-16-18(3)29-25(31)19-12-20(15-28-14-19)26(32)30(21-7-8-21)23-13-24(17(2)11-22(23)27)35-10-6-9-33-4/h11,13,18-21,28H,5-10,12,14-16H2,1-4H3,(H,29,31)/t18-,19+,20-/m1/s1. The first-order valence-electron chi connectivity index (χ1n) is 12.7. The van der Waals surface area contributed by atoms with Crippen LogP contribution in [0.2, 0.25) is 0 Å². The van der Waals surface area contributed by atoms with Gasteiger partial charge in [-0.2, -0.15) is 0 Å². The van der Waals surface area contributed by atoms with Gasteiger partial charge >= 0.3 is 0 Å². The van der Waals surface area contributed by atoms with Gasteiger partial charge in [-0.05, 0) is 51.7 Å². The van der Waals surface area contributed by atoms with Crippen molar-refractivity contribution < 1.29 is 28.2 Å². The Morgan fingerprint density at radius 1 is 1.23 bits per heavy atom. The summed E-state index contributed by atoms with van der Waals surface area (Å²) < 4.78 is 31.4. The second-order valence-electron chi connectivity index (χ2n) is 9.56. The van der Waals surface area contributed by atoms with E-state index in [1.165, 1.54) is 6.07 Å². The Labute approximate surface area is 207 Å². The van der Waals surface area contributed by atoms with Gasteiger partial charge in [0.15, 0.2) is 0 Å². The third-order valence-electron chi connectivity index (χ3n) is 6.43. The number of benzene rings is 1. The Kier molecular flexibility index (Phi) is 10.3. The Morgan fingerprint density at radius 2 is 1.97 bits per heavy atom. The second-order valence-corrected chi connectivity index (χ2v) is 9.56. The molecule has 9 heteroatoms. The van der Waals surface area contributed by atoms with E-state index in [9.17, 15) is 9.59 Å². The van der Waals surface area contributed by atoms with Crippen molar-refractivity contribution in [2.24, 2.45) is 11.8 Å². The zero-order chi connectivity index (χ0) is 25.4. The maximum atomic E-state index is 15.1. The number of hydrogen-bond acceptors (Lipinski definition) is 6. The van der Waals surface area contributed by atoms with Crippen molar-refractivity contribution in [2.75, 3.05) is 51.5 Å². The average molecular weight is 494 g/mol. The van der Waals surface area contributed by atoms with Gasteiger partial charge in [0.05, 0.1) is 30.7 Å².